The standard InChI is InChI=1S/C38H69NO7/c1-6-8-10-12-14-16-17-18-19-20-21-23-25-27-29-37(41)46-34(32-44-31-30-35(38(42)43)39(3,4)5)33-45-36(40)28-26-24-22-15-13-11-9-7-2/h12,14,17-18,34-35H,6-11,13,15-16,19-33H2,1-5H3/b14-12-,18-17-. The molecule has 0 bridgehead atoms. The molecule has 46 heavy (non-hydrogen) atoms. The van der Waals surface area contributed by atoms with Crippen molar-refractivity contribution in [1.82, 2.24) is 0 Å². The predicted octanol–water partition coefficient (Wildman–Crippen LogP) is 7.63. The zero-order chi connectivity index (χ0) is 34.3. The molecular formula is C38H69NO7. The molecule has 0 aliphatic carbocycles. The third-order valence-electron chi connectivity index (χ3n) is 8.09. The summed E-state index contributed by atoms with van der Waals surface area (Å²) in [5.74, 6) is -1.76. The SMILES string of the molecule is CCCC/C=C\C/C=C\CCCCCCCC(=O)OC(COCCC(C(=O)[O-])[N+](C)(C)C)COC(=O)CCCCCCCCCC. The van der Waals surface area contributed by atoms with Gasteiger partial charge in [0, 0.05) is 19.3 Å². The third kappa shape index (κ3) is 28.1. The number of carboxylic acid groups (broad SMARTS) is 1. The summed E-state index contributed by atoms with van der Waals surface area (Å²) in [7, 11) is 5.38. The summed E-state index contributed by atoms with van der Waals surface area (Å²) in [6.45, 7) is 4.56. The molecule has 0 saturated heterocycles. The number of rotatable bonds is 32. The second kappa shape index (κ2) is 30.2. The average Bonchev–Trinajstić information content (AvgIpc) is 3.00. The van der Waals surface area contributed by atoms with Crippen LogP contribution in [0, 0.1) is 0 Å². The van der Waals surface area contributed by atoms with Gasteiger partial charge in [0.2, 0.25) is 0 Å². The molecule has 0 radical (unpaired) electrons. The summed E-state index contributed by atoms with van der Waals surface area (Å²) in [5.41, 5.74) is 0. The maximum absolute atomic E-state index is 12.6. The molecule has 2 unspecified atom stereocenters. The zero-order valence-corrected chi connectivity index (χ0v) is 30.2. The molecule has 8 nitrogen and oxygen atoms in total. The molecule has 0 aromatic heterocycles. The Kier molecular flexibility index (Phi) is 28.7. The Balaban J connectivity index is 4.45. The second-order valence-corrected chi connectivity index (χ2v) is 13.5. The van der Waals surface area contributed by atoms with Crippen molar-refractivity contribution in [2.75, 3.05) is 41.0 Å². The van der Waals surface area contributed by atoms with Crippen LogP contribution in [0.3, 0.4) is 0 Å². The number of esters is 2. The van der Waals surface area contributed by atoms with Crippen LogP contribution in [0.25, 0.3) is 0 Å². The van der Waals surface area contributed by atoms with E-state index in [1.807, 2.05) is 0 Å². The van der Waals surface area contributed by atoms with Crippen molar-refractivity contribution in [2.45, 2.75) is 161 Å². The maximum Gasteiger partial charge on any atom is 0.306 e. The summed E-state index contributed by atoms with van der Waals surface area (Å²) >= 11 is 0. The van der Waals surface area contributed by atoms with Crippen molar-refractivity contribution in [2.24, 2.45) is 0 Å². The Morgan fingerprint density at radius 3 is 1.74 bits per heavy atom. The van der Waals surface area contributed by atoms with Crippen LogP contribution < -0.4 is 5.11 Å². The Hall–Kier alpha value is -2.19. The molecule has 0 saturated carbocycles. The Labute approximate surface area is 281 Å². The lowest BCUT2D eigenvalue weighted by Crippen LogP contribution is -2.55. The molecule has 8 heteroatoms. The minimum Gasteiger partial charge on any atom is -0.544 e. The minimum atomic E-state index is -1.13. The summed E-state index contributed by atoms with van der Waals surface area (Å²) in [6, 6.07) is -0.723. The molecule has 0 fully saturated rings. The van der Waals surface area contributed by atoms with Crippen LogP contribution in [-0.2, 0) is 28.6 Å². The fourth-order valence-corrected chi connectivity index (χ4v) is 5.14. The summed E-state index contributed by atoms with van der Waals surface area (Å²) in [5, 5.41) is 11.5. The minimum absolute atomic E-state index is 0.0374. The van der Waals surface area contributed by atoms with E-state index in [9.17, 15) is 19.5 Å². The van der Waals surface area contributed by atoms with E-state index in [1.54, 1.807) is 21.1 Å². The Morgan fingerprint density at radius 2 is 1.17 bits per heavy atom. The van der Waals surface area contributed by atoms with Crippen molar-refractivity contribution in [1.29, 1.82) is 0 Å². The van der Waals surface area contributed by atoms with Gasteiger partial charge in [-0.1, -0.05) is 115 Å². The van der Waals surface area contributed by atoms with Gasteiger partial charge >= 0.3 is 11.9 Å². The number of unbranched alkanes of at least 4 members (excludes halogenated alkanes) is 14. The number of quaternary nitrogens is 1. The lowest BCUT2D eigenvalue weighted by atomic mass is 10.1. The van der Waals surface area contributed by atoms with Crippen molar-refractivity contribution >= 4 is 17.9 Å². The van der Waals surface area contributed by atoms with Crippen molar-refractivity contribution in [3.05, 3.63) is 24.3 Å². The molecule has 0 aromatic rings. The molecule has 0 heterocycles. The van der Waals surface area contributed by atoms with Crippen molar-refractivity contribution in [3.63, 3.8) is 0 Å². The third-order valence-corrected chi connectivity index (χ3v) is 8.09. The van der Waals surface area contributed by atoms with Crippen LogP contribution in [0.1, 0.15) is 149 Å². The number of hydrogen-bond acceptors (Lipinski definition) is 7. The van der Waals surface area contributed by atoms with Gasteiger partial charge in [-0.25, -0.2) is 0 Å². The van der Waals surface area contributed by atoms with Gasteiger partial charge in [0.05, 0.1) is 40.3 Å². The van der Waals surface area contributed by atoms with Crippen LogP contribution >= 0.6 is 0 Å². The van der Waals surface area contributed by atoms with Crippen LogP contribution in [0.15, 0.2) is 24.3 Å². The number of carbonyl (C=O) groups is 3. The normalized spacial score (nSPS) is 13.3. The molecule has 0 aliphatic heterocycles. The monoisotopic (exact) mass is 652 g/mol. The molecule has 0 aliphatic rings. The Morgan fingerprint density at radius 1 is 0.652 bits per heavy atom. The van der Waals surface area contributed by atoms with E-state index in [0.717, 1.165) is 64.2 Å². The van der Waals surface area contributed by atoms with E-state index in [2.05, 4.69) is 38.2 Å². The number of carbonyl (C=O) groups excluding carboxylic acids is 3. The molecule has 0 amide bonds. The first-order chi connectivity index (χ1) is 22.1. The summed E-state index contributed by atoms with van der Waals surface area (Å²) in [6.07, 6.45) is 29.2. The van der Waals surface area contributed by atoms with E-state index in [4.69, 9.17) is 14.2 Å². The predicted molar refractivity (Wildman–Crippen MR) is 185 cm³/mol. The van der Waals surface area contributed by atoms with Gasteiger partial charge in [-0.15, -0.1) is 0 Å². The largest absolute Gasteiger partial charge is 0.544 e. The number of nitrogens with zero attached hydrogens (tertiary/aromatic N) is 1. The summed E-state index contributed by atoms with van der Waals surface area (Å²) in [4.78, 5) is 36.5. The number of aliphatic carboxylic acids is 1. The molecule has 2 atom stereocenters. The quantitative estimate of drug-likeness (QED) is 0.0319. The van der Waals surface area contributed by atoms with E-state index < -0.39 is 18.1 Å². The highest BCUT2D eigenvalue weighted by Crippen LogP contribution is 2.13. The van der Waals surface area contributed by atoms with Gasteiger partial charge < -0.3 is 28.6 Å². The van der Waals surface area contributed by atoms with Crippen molar-refractivity contribution < 1.29 is 38.2 Å². The lowest BCUT2D eigenvalue weighted by Gasteiger charge is -2.34. The summed E-state index contributed by atoms with van der Waals surface area (Å²) < 4.78 is 17.0. The van der Waals surface area contributed by atoms with E-state index >= 15 is 0 Å². The number of carboxylic acids is 1. The lowest BCUT2D eigenvalue weighted by molar-refractivity contribution is -0.889. The topological polar surface area (TPSA) is 102 Å². The highest BCUT2D eigenvalue weighted by Gasteiger charge is 2.25. The van der Waals surface area contributed by atoms with Gasteiger partial charge in [-0.2, -0.15) is 0 Å². The maximum atomic E-state index is 12.6. The smallest absolute Gasteiger partial charge is 0.306 e. The molecule has 0 N–H and O–H groups in total. The number of likely N-dealkylation sites (N-methyl/N-ethyl adjacent to an activating group) is 1. The number of hydrogen-bond donors (Lipinski definition) is 0. The fraction of sp³-hybridized carbons (Fsp3) is 0.816. The molecule has 268 valence electrons. The van der Waals surface area contributed by atoms with E-state index in [0.29, 0.717) is 12.8 Å². The highest BCUT2D eigenvalue weighted by atomic mass is 16.6. The van der Waals surface area contributed by atoms with E-state index in [1.165, 1.54) is 51.4 Å². The highest BCUT2D eigenvalue weighted by molar-refractivity contribution is 5.70. The first kappa shape index (κ1) is 43.8. The molecule has 0 spiro atoms. The van der Waals surface area contributed by atoms with Gasteiger partial charge in [0.1, 0.15) is 12.6 Å². The van der Waals surface area contributed by atoms with Gasteiger partial charge in [0.25, 0.3) is 0 Å². The van der Waals surface area contributed by atoms with Gasteiger partial charge in [-0.3, -0.25) is 9.59 Å². The molecular weight excluding hydrogens is 582 g/mol. The number of allylic oxidation sites excluding steroid dienone is 4. The van der Waals surface area contributed by atoms with Gasteiger partial charge in [-0.05, 0) is 38.5 Å². The van der Waals surface area contributed by atoms with Crippen LogP contribution in [0.5, 0.6) is 0 Å². The first-order valence-electron chi connectivity index (χ1n) is 18.4. The first-order valence-corrected chi connectivity index (χ1v) is 18.4. The molecule has 0 aromatic carbocycles. The van der Waals surface area contributed by atoms with Gasteiger partial charge in [0.15, 0.2) is 6.10 Å². The van der Waals surface area contributed by atoms with Crippen LogP contribution in [0.4, 0.5) is 0 Å². The number of ether oxygens (including phenoxy) is 3. The van der Waals surface area contributed by atoms with E-state index in [-0.39, 0.29) is 42.7 Å². The molecule has 0 rings (SSSR count). The second-order valence-electron chi connectivity index (χ2n) is 13.5. The average molecular weight is 652 g/mol. The van der Waals surface area contributed by atoms with Crippen molar-refractivity contribution in [3.8, 4) is 0 Å². The van der Waals surface area contributed by atoms with Crippen LogP contribution in [0.2, 0.25) is 0 Å². The fourth-order valence-electron chi connectivity index (χ4n) is 5.14. The zero-order valence-electron chi connectivity index (χ0n) is 30.2. The van der Waals surface area contributed by atoms with Crippen LogP contribution in [-0.4, -0.2) is 75.5 Å². The Bertz CT molecular complexity index is 818.